The first-order valence-corrected chi connectivity index (χ1v) is 5.78. The van der Waals surface area contributed by atoms with Gasteiger partial charge < -0.3 is 10.2 Å². The van der Waals surface area contributed by atoms with Crippen LogP contribution < -0.4 is 5.32 Å². The summed E-state index contributed by atoms with van der Waals surface area (Å²) < 4.78 is 24.6. The first-order valence-electron chi connectivity index (χ1n) is 5.78. The van der Waals surface area contributed by atoms with E-state index in [1.54, 1.807) is 6.92 Å². The monoisotopic (exact) mass is 288 g/mol. The van der Waals surface area contributed by atoms with Crippen LogP contribution in [-0.4, -0.2) is 47.3 Å². The number of aromatic nitrogens is 1. The lowest BCUT2D eigenvalue weighted by Gasteiger charge is -2.18. The minimum atomic E-state index is -2.68. The Labute approximate surface area is 113 Å². The summed E-state index contributed by atoms with van der Waals surface area (Å²) in [5, 5.41) is 13.5. The fourth-order valence-electron chi connectivity index (χ4n) is 1.52. The van der Waals surface area contributed by atoms with Crippen LogP contribution in [0.2, 0.25) is 0 Å². The summed E-state index contributed by atoms with van der Waals surface area (Å²) in [5.74, 6) is -0.623. The number of pyridine rings is 1. The molecule has 1 aromatic rings. The molecule has 0 bridgehead atoms. The van der Waals surface area contributed by atoms with Crippen molar-refractivity contribution in [3.05, 3.63) is 27.9 Å². The van der Waals surface area contributed by atoms with E-state index >= 15 is 0 Å². The van der Waals surface area contributed by atoms with E-state index in [0.717, 1.165) is 17.2 Å². The van der Waals surface area contributed by atoms with Crippen LogP contribution in [0.1, 0.15) is 17.3 Å². The molecule has 1 amide bonds. The standard InChI is InChI=1S/C11H14F2N4O3/c1-3-14-10-8(4-7(5-15-10)17(19)20)11(18)16(2)6-9(12)13/h4-5,9H,3,6H2,1-2H3,(H,14,15). The van der Waals surface area contributed by atoms with E-state index in [4.69, 9.17) is 0 Å². The number of amides is 1. The quantitative estimate of drug-likeness (QED) is 0.636. The summed E-state index contributed by atoms with van der Waals surface area (Å²) in [6, 6.07) is 1.02. The van der Waals surface area contributed by atoms with Crippen molar-refractivity contribution in [2.75, 3.05) is 25.5 Å². The van der Waals surface area contributed by atoms with Gasteiger partial charge in [0.05, 0.1) is 17.0 Å². The van der Waals surface area contributed by atoms with E-state index in [9.17, 15) is 23.7 Å². The van der Waals surface area contributed by atoms with Crippen LogP contribution in [0.15, 0.2) is 12.3 Å². The van der Waals surface area contributed by atoms with E-state index in [0.29, 0.717) is 6.54 Å². The van der Waals surface area contributed by atoms with E-state index in [-0.39, 0.29) is 17.1 Å². The largest absolute Gasteiger partial charge is 0.370 e. The summed E-state index contributed by atoms with van der Waals surface area (Å²) in [7, 11) is 1.20. The molecule has 1 rings (SSSR count). The highest BCUT2D eigenvalue weighted by molar-refractivity contribution is 5.99. The van der Waals surface area contributed by atoms with E-state index in [1.807, 2.05) is 0 Å². The number of alkyl halides is 2. The molecule has 0 fully saturated rings. The number of halogens is 2. The number of rotatable bonds is 6. The number of carbonyl (C=O) groups excluding carboxylic acids is 1. The van der Waals surface area contributed by atoms with E-state index in [2.05, 4.69) is 10.3 Å². The van der Waals surface area contributed by atoms with Crippen LogP contribution in [0.3, 0.4) is 0 Å². The van der Waals surface area contributed by atoms with Crippen molar-refractivity contribution in [3.63, 3.8) is 0 Å². The average molecular weight is 288 g/mol. The second-order valence-corrected chi connectivity index (χ2v) is 3.95. The number of nitro groups is 1. The molecule has 0 atom stereocenters. The predicted octanol–water partition coefficient (Wildman–Crippen LogP) is 1.76. The number of nitrogens with zero attached hydrogens (tertiary/aromatic N) is 3. The van der Waals surface area contributed by atoms with Gasteiger partial charge in [0.25, 0.3) is 18.0 Å². The minimum absolute atomic E-state index is 0.107. The first-order chi connectivity index (χ1) is 9.36. The highest BCUT2D eigenvalue weighted by Crippen LogP contribution is 2.20. The molecule has 0 aliphatic carbocycles. The van der Waals surface area contributed by atoms with Crippen LogP contribution in [0.25, 0.3) is 0 Å². The third-order valence-corrected chi connectivity index (χ3v) is 2.42. The molecule has 0 aromatic carbocycles. The van der Waals surface area contributed by atoms with E-state index in [1.165, 1.54) is 7.05 Å². The zero-order chi connectivity index (χ0) is 15.3. The normalized spacial score (nSPS) is 10.4. The van der Waals surface area contributed by atoms with Crippen LogP contribution in [0, 0.1) is 10.1 Å². The summed E-state index contributed by atoms with van der Waals surface area (Å²) in [6.45, 7) is 1.43. The molecule has 0 saturated carbocycles. The second-order valence-electron chi connectivity index (χ2n) is 3.95. The maximum absolute atomic E-state index is 12.3. The second kappa shape index (κ2) is 6.73. The molecule has 7 nitrogen and oxygen atoms in total. The Morgan fingerprint density at radius 1 is 1.60 bits per heavy atom. The Balaban J connectivity index is 3.14. The molecule has 1 N–H and O–H groups in total. The highest BCUT2D eigenvalue weighted by Gasteiger charge is 2.22. The number of nitrogens with one attached hydrogen (secondary N) is 1. The van der Waals surface area contributed by atoms with Crippen molar-refractivity contribution in [1.29, 1.82) is 0 Å². The Bertz CT molecular complexity index is 510. The van der Waals surface area contributed by atoms with Gasteiger partial charge in [-0.25, -0.2) is 13.8 Å². The Hall–Kier alpha value is -2.32. The fourth-order valence-corrected chi connectivity index (χ4v) is 1.52. The summed E-state index contributed by atoms with van der Waals surface area (Å²) in [5.41, 5.74) is -0.482. The molecular formula is C11H14F2N4O3. The minimum Gasteiger partial charge on any atom is -0.370 e. The van der Waals surface area contributed by atoms with Crippen LogP contribution in [-0.2, 0) is 0 Å². The molecule has 9 heteroatoms. The predicted molar refractivity (Wildman–Crippen MR) is 68.0 cm³/mol. The van der Waals surface area contributed by atoms with Gasteiger partial charge in [0.1, 0.15) is 12.0 Å². The van der Waals surface area contributed by atoms with Gasteiger partial charge >= 0.3 is 0 Å². The van der Waals surface area contributed by atoms with Crippen molar-refractivity contribution in [1.82, 2.24) is 9.88 Å². The van der Waals surface area contributed by atoms with E-state index < -0.39 is 23.8 Å². The number of carbonyl (C=O) groups is 1. The lowest BCUT2D eigenvalue weighted by molar-refractivity contribution is -0.385. The van der Waals surface area contributed by atoms with Crippen molar-refractivity contribution >= 4 is 17.4 Å². The lowest BCUT2D eigenvalue weighted by Crippen LogP contribution is -2.32. The molecule has 20 heavy (non-hydrogen) atoms. The Morgan fingerprint density at radius 2 is 2.25 bits per heavy atom. The molecule has 110 valence electrons. The van der Waals surface area contributed by atoms with Gasteiger partial charge in [-0.1, -0.05) is 0 Å². The van der Waals surface area contributed by atoms with Gasteiger partial charge in [0, 0.05) is 19.7 Å². The maximum Gasteiger partial charge on any atom is 0.288 e. The van der Waals surface area contributed by atoms with Crippen molar-refractivity contribution in [2.24, 2.45) is 0 Å². The zero-order valence-electron chi connectivity index (χ0n) is 11.0. The lowest BCUT2D eigenvalue weighted by atomic mass is 10.2. The third kappa shape index (κ3) is 3.84. The Morgan fingerprint density at radius 3 is 2.75 bits per heavy atom. The number of hydrogen-bond donors (Lipinski definition) is 1. The summed E-state index contributed by atoms with van der Waals surface area (Å²) in [6.07, 6.45) is -1.68. The van der Waals surface area contributed by atoms with Crippen molar-refractivity contribution < 1.29 is 18.5 Å². The van der Waals surface area contributed by atoms with Crippen LogP contribution >= 0.6 is 0 Å². The molecule has 1 aromatic heterocycles. The summed E-state index contributed by atoms with van der Waals surface area (Å²) in [4.78, 5) is 26.6. The molecular weight excluding hydrogens is 274 g/mol. The maximum atomic E-state index is 12.3. The smallest absolute Gasteiger partial charge is 0.288 e. The fraction of sp³-hybridized carbons (Fsp3) is 0.455. The third-order valence-electron chi connectivity index (χ3n) is 2.42. The number of hydrogen-bond acceptors (Lipinski definition) is 5. The van der Waals surface area contributed by atoms with Crippen molar-refractivity contribution in [3.8, 4) is 0 Å². The molecule has 0 spiro atoms. The van der Waals surface area contributed by atoms with Crippen LogP contribution in [0.4, 0.5) is 20.3 Å². The summed E-state index contributed by atoms with van der Waals surface area (Å²) >= 11 is 0. The molecule has 0 saturated heterocycles. The SMILES string of the molecule is CCNc1ncc([N+](=O)[O-])cc1C(=O)N(C)CC(F)F. The molecule has 1 heterocycles. The molecule has 0 aliphatic rings. The molecule has 0 aliphatic heterocycles. The average Bonchev–Trinajstić information content (AvgIpc) is 2.37. The van der Waals surface area contributed by atoms with Gasteiger partial charge in [0.15, 0.2) is 0 Å². The van der Waals surface area contributed by atoms with Gasteiger partial charge in [-0.2, -0.15) is 0 Å². The first kappa shape index (κ1) is 15.7. The van der Waals surface area contributed by atoms with Crippen molar-refractivity contribution in [2.45, 2.75) is 13.3 Å². The molecule has 0 unspecified atom stereocenters. The number of anilines is 1. The van der Waals surface area contributed by atoms with Gasteiger partial charge in [0.2, 0.25) is 0 Å². The highest BCUT2D eigenvalue weighted by atomic mass is 19.3. The topological polar surface area (TPSA) is 88.4 Å². The van der Waals surface area contributed by atoms with Crippen LogP contribution in [0.5, 0.6) is 0 Å². The zero-order valence-corrected chi connectivity index (χ0v) is 11.0. The molecule has 0 radical (unpaired) electrons. The van der Waals surface area contributed by atoms with Gasteiger partial charge in [-0.15, -0.1) is 0 Å². The van der Waals surface area contributed by atoms with Gasteiger partial charge in [-0.05, 0) is 6.92 Å². The van der Waals surface area contributed by atoms with Gasteiger partial charge in [-0.3, -0.25) is 14.9 Å². The Kier molecular flexibility index (Phi) is 5.30.